The van der Waals surface area contributed by atoms with Crippen LogP contribution in [0.2, 0.25) is 0 Å². The number of aromatic nitrogens is 2. The SMILES string of the molecule is CCOc1nc2sc3c(c2c(=O)n1Cc1ccccc1)CCCC3. The van der Waals surface area contributed by atoms with E-state index >= 15 is 0 Å². The molecule has 0 N–H and O–H groups in total. The fraction of sp³-hybridized carbons (Fsp3) is 0.368. The predicted octanol–water partition coefficient (Wildman–Crippen LogP) is 3.78. The average Bonchev–Trinajstić information content (AvgIpc) is 2.98. The van der Waals surface area contributed by atoms with Crippen LogP contribution in [0.1, 0.15) is 35.8 Å². The Labute approximate surface area is 144 Å². The van der Waals surface area contributed by atoms with Crippen LogP contribution in [0.3, 0.4) is 0 Å². The van der Waals surface area contributed by atoms with Gasteiger partial charge in [-0.25, -0.2) is 0 Å². The van der Waals surface area contributed by atoms with Crippen LogP contribution in [-0.4, -0.2) is 16.2 Å². The number of hydrogen-bond acceptors (Lipinski definition) is 4. The summed E-state index contributed by atoms with van der Waals surface area (Å²) in [5.74, 6) is 0. The van der Waals surface area contributed by atoms with E-state index in [9.17, 15) is 4.79 Å². The normalized spacial score (nSPS) is 13.9. The quantitative estimate of drug-likeness (QED) is 0.726. The fourth-order valence-corrected chi connectivity index (χ4v) is 4.61. The lowest BCUT2D eigenvalue weighted by atomic mass is 9.97. The average molecular weight is 340 g/mol. The Balaban J connectivity index is 1.91. The van der Waals surface area contributed by atoms with Gasteiger partial charge in [0.05, 0.1) is 18.5 Å². The van der Waals surface area contributed by atoms with Crippen molar-refractivity contribution in [3.8, 4) is 6.01 Å². The number of aryl methyl sites for hydroxylation is 2. The molecule has 24 heavy (non-hydrogen) atoms. The summed E-state index contributed by atoms with van der Waals surface area (Å²) in [4.78, 5) is 20.1. The van der Waals surface area contributed by atoms with Gasteiger partial charge in [0, 0.05) is 4.88 Å². The van der Waals surface area contributed by atoms with E-state index in [4.69, 9.17) is 4.74 Å². The van der Waals surface area contributed by atoms with Gasteiger partial charge in [0.2, 0.25) is 0 Å². The smallest absolute Gasteiger partial charge is 0.300 e. The molecule has 0 radical (unpaired) electrons. The van der Waals surface area contributed by atoms with Crippen LogP contribution in [0.5, 0.6) is 6.01 Å². The van der Waals surface area contributed by atoms with E-state index in [1.165, 1.54) is 16.9 Å². The van der Waals surface area contributed by atoms with Crippen LogP contribution in [0.15, 0.2) is 35.1 Å². The number of ether oxygens (including phenoxy) is 1. The van der Waals surface area contributed by atoms with Crippen molar-refractivity contribution in [2.45, 2.75) is 39.2 Å². The van der Waals surface area contributed by atoms with Crippen LogP contribution >= 0.6 is 11.3 Å². The summed E-state index contributed by atoms with van der Waals surface area (Å²) in [6.07, 6.45) is 4.42. The van der Waals surface area contributed by atoms with Crippen LogP contribution in [0.25, 0.3) is 10.2 Å². The molecule has 5 heteroatoms. The molecule has 3 aromatic rings. The van der Waals surface area contributed by atoms with Gasteiger partial charge in [0.25, 0.3) is 5.56 Å². The van der Waals surface area contributed by atoms with Crippen LogP contribution in [0, 0.1) is 0 Å². The number of benzene rings is 1. The van der Waals surface area contributed by atoms with Crippen molar-refractivity contribution in [1.82, 2.24) is 9.55 Å². The van der Waals surface area contributed by atoms with E-state index in [1.807, 2.05) is 37.3 Å². The molecule has 0 saturated carbocycles. The summed E-state index contributed by atoms with van der Waals surface area (Å²) >= 11 is 1.66. The summed E-state index contributed by atoms with van der Waals surface area (Å²) in [6, 6.07) is 10.4. The Morgan fingerprint density at radius 2 is 2.00 bits per heavy atom. The van der Waals surface area contributed by atoms with Crippen LogP contribution < -0.4 is 10.3 Å². The Hall–Kier alpha value is -2.14. The lowest BCUT2D eigenvalue weighted by Crippen LogP contribution is -2.24. The highest BCUT2D eigenvalue weighted by Crippen LogP contribution is 2.34. The maximum Gasteiger partial charge on any atom is 0.300 e. The van der Waals surface area contributed by atoms with Gasteiger partial charge in [-0.3, -0.25) is 9.36 Å². The lowest BCUT2D eigenvalue weighted by molar-refractivity contribution is 0.294. The molecular formula is C19H20N2O2S. The van der Waals surface area contributed by atoms with Gasteiger partial charge in [-0.2, -0.15) is 4.98 Å². The lowest BCUT2D eigenvalue weighted by Gasteiger charge is -2.13. The van der Waals surface area contributed by atoms with Gasteiger partial charge in [-0.1, -0.05) is 30.3 Å². The summed E-state index contributed by atoms with van der Waals surface area (Å²) in [5, 5.41) is 0.814. The van der Waals surface area contributed by atoms with Crippen molar-refractivity contribution >= 4 is 21.6 Å². The zero-order valence-corrected chi connectivity index (χ0v) is 14.6. The minimum absolute atomic E-state index is 0.0340. The van der Waals surface area contributed by atoms with Crippen molar-refractivity contribution in [3.63, 3.8) is 0 Å². The molecule has 1 aliphatic carbocycles. The third kappa shape index (κ3) is 2.63. The molecule has 124 valence electrons. The van der Waals surface area contributed by atoms with Gasteiger partial charge < -0.3 is 4.74 Å². The van der Waals surface area contributed by atoms with Crippen molar-refractivity contribution in [2.75, 3.05) is 6.61 Å². The number of rotatable bonds is 4. The number of nitrogens with zero attached hydrogens (tertiary/aromatic N) is 2. The van der Waals surface area contributed by atoms with Crippen LogP contribution in [0.4, 0.5) is 0 Å². The molecule has 0 spiro atoms. The van der Waals surface area contributed by atoms with Crippen molar-refractivity contribution in [2.24, 2.45) is 0 Å². The third-order valence-electron chi connectivity index (χ3n) is 4.50. The Morgan fingerprint density at radius 3 is 2.79 bits per heavy atom. The van der Waals surface area contributed by atoms with Gasteiger partial charge in [-0.05, 0) is 43.7 Å². The molecule has 2 heterocycles. The molecule has 1 aliphatic rings. The standard InChI is InChI=1S/C19H20N2O2S/c1-2-23-19-20-17-16(14-10-6-7-11-15(14)24-17)18(22)21(19)12-13-8-4-3-5-9-13/h3-5,8-9H,2,6-7,10-12H2,1H3. The van der Waals surface area contributed by atoms with E-state index in [0.717, 1.165) is 35.0 Å². The van der Waals surface area contributed by atoms with Crippen molar-refractivity contribution in [3.05, 3.63) is 56.7 Å². The highest BCUT2D eigenvalue weighted by atomic mass is 32.1. The second kappa shape index (κ2) is 6.40. The molecular weight excluding hydrogens is 320 g/mol. The van der Waals surface area contributed by atoms with Gasteiger partial charge in [0.1, 0.15) is 4.83 Å². The molecule has 0 fully saturated rings. The van der Waals surface area contributed by atoms with E-state index < -0.39 is 0 Å². The van der Waals surface area contributed by atoms with E-state index in [-0.39, 0.29) is 5.56 Å². The monoisotopic (exact) mass is 340 g/mol. The Kier molecular flexibility index (Phi) is 4.10. The van der Waals surface area contributed by atoms with Gasteiger partial charge >= 0.3 is 6.01 Å². The first kappa shape index (κ1) is 15.4. The Bertz CT molecular complexity index is 928. The molecule has 0 aliphatic heterocycles. The van der Waals surface area contributed by atoms with E-state index in [2.05, 4.69) is 4.98 Å². The summed E-state index contributed by atoms with van der Waals surface area (Å²) < 4.78 is 7.37. The Morgan fingerprint density at radius 1 is 1.21 bits per heavy atom. The molecule has 1 aromatic carbocycles. The van der Waals surface area contributed by atoms with Crippen molar-refractivity contribution in [1.29, 1.82) is 0 Å². The molecule has 2 aromatic heterocycles. The van der Waals surface area contributed by atoms with E-state index in [0.29, 0.717) is 19.2 Å². The van der Waals surface area contributed by atoms with E-state index in [1.54, 1.807) is 15.9 Å². The first-order valence-electron chi connectivity index (χ1n) is 8.49. The molecule has 0 bridgehead atoms. The topological polar surface area (TPSA) is 44.1 Å². The maximum atomic E-state index is 13.2. The molecule has 4 rings (SSSR count). The highest BCUT2D eigenvalue weighted by molar-refractivity contribution is 7.18. The van der Waals surface area contributed by atoms with Crippen LogP contribution in [-0.2, 0) is 19.4 Å². The summed E-state index contributed by atoms with van der Waals surface area (Å²) in [7, 11) is 0. The predicted molar refractivity (Wildman–Crippen MR) is 97.2 cm³/mol. The molecule has 0 unspecified atom stereocenters. The first-order valence-corrected chi connectivity index (χ1v) is 9.31. The minimum atomic E-state index is 0.0340. The largest absolute Gasteiger partial charge is 0.465 e. The fourth-order valence-electron chi connectivity index (χ4n) is 3.36. The molecule has 0 amide bonds. The summed E-state index contributed by atoms with van der Waals surface area (Å²) in [5.41, 5.74) is 2.33. The van der Waals surface area contributed by atoms with Gasteiger partial charge in [0.15, 0.2) is 0 Å². The highest BCUT2D eigenvalue weighted by Gasteiger charge is 2.22. The molecule has 0 saturated heterocycles. The second-order valence-electron chi connectivity index (χ2n) is 6.10. The number of fused-ring (bicyclic) bond motifs is 3. The zero-order chi connectivity index (χ0) is 16.5. The zero-order valence-electron chi connectivity index (χ0n) is 13.7. The minimum Gasteiger partial charge on any atom is -0.465 e. The maximum absolute atomic E-state index is 13.2. The number of hydrogen-bond donors (Lipinski definition) is 0. The first-order chi connectivity index (χ1) is 11.8. The molecule has 0 atom stereocenters. The summed E-state index contributed by atoms with van der Waals surface area (Å²) in [6.45, 7) is 2.91. The second-order valence-corrected chi connectivity index (χ2v) is 7.18. The number of thiophene rings is 1. The molecule has 4 nitrogen and oxygen atoms in total. The van der Waals surface area contributed by atoms with Crippen molar-refractivity contribution < 1.29 is 4.74 Å². The van der Waals surface area contributed by atoms with Gasteiger partial charge in [-0.15, -0.1) is 11.3 Å². The third-order valence-corrected chi connectivity index (χ3v) is 5.68.